The topological polar surface area (TPSA) is 55.6 Å². The second-order valence-electron chi connectivity index (χ2n) is 4.26. The molecule has 0 aromatic carbocycles. The quantitative estimate of drug-likeness (QED) is 0.840. The highest BCUT2D eigenvalue weighted by Gasteiger charge is 2.04. The molecule has 17 heavy (non-hydrogen) atoms. The van der Waals surface area contributed by atoms with Crippen LogP contribution in [0.1, 0.15) is 25.2 Å². The number of nitrogens with one attached hydrogen (secondary N) is 1. The Balaban J connectivity index is 2.04. The van der Waals surface area contributed by atoms with Gasteiger partial charge in [0.25, 0.3) is 0 Å². The molecule has 2 aromatic heterocycles. The monoisotopic (exact) mass is 231 g/mol. The van der Waals surface area contributed by atoms with Crippen LogP contribution in [-0.4, -0.2) is 25.8 Å². The van der Waals surface area contributed by atoms with Crippen molar-refractivity contribution in [3.63, 3.8) is 0 Å². The maximum absolute atomic E-state index is 4.17. The summed E-state index contributed by atoms with van der Waals surface area (Å²) in [6.07, 6.45) is 5.39. The third kappa shape index (κ3) is 3.35. The molecule has 0 aliphatic carbocycles. The minimum atomic E-state index is 0.467. The molecule has 0 amide bonds. The van der Waals surface area contributed by atoms with Gasteiger partial charge in [-0.1, -0.05) is 13.8 Å². The molecule has 0 saturated heterocycles. The molecule has 0 fully saturated rings. The average molecular weight is 231 g/mol. The second-order valence-corrected chi connectivity index (χ2v) is 4.26. The summed E-state index contributed by atoms with van der Waals surface area (Å²) in [4.78, 5) is 4.17. The van der Waals surface area contributed by atoms with Gasteiger partial charge in [-0.15, -0.1) is 0 Å². The van der Waals surface area contributed by atoms with Gasteiger partial charge in [0.05, 0.1) is 24.3 Å². The fourth-order valence-electron chi connectivity index (χ4n) is 1.54. The van der Waals surface area contributed by atoms with E-state index in [0.717, 1.165) is 17.9 Å². The standard InChI is InChI=1S/C12H17N5/c1-10(2)14-7-12-6-13-9-17(12)8-11-4-3-5-15-16-11/h3-6,9-10,14H,7-8H2,1-2H3. The smallest absolute Gasteiger partial charge is 0.0952 e. The number of aromatic nitrogens is 4. The van der Waals surface area contributed by atoms with E-state index in [2.05, 4.69) is 38.9 Å². The van der Waals surface area contributed by atoms with E-state index in [1.807, 2.05) is 24.7 Å². The lowest BCUT2D eigenvalue weighted by molar-refractivity contribution is 0.562. The molecule has 0 radical (unpaired) electrons. The van der Waals surface area contributed by atoms with Crippen LogP contribution in [0.5, 0.6) is 0 Å². The van der Waals surface area contributed by atoms with Crippen LogP contribution in [-0.2, 0) is 13.1 Å². The van der Waals surface area contributed by atoms with E-state index < -0.39 is 0 Å². The first-order valence-corrected chi connectivity index (χ1v) is 5.74. The first-order chi connectivity index (χ1) is 8.25. The first kappa shape index (κ1) is 11.7. The molecule has 1 N–H and O–H groups in total. The molecule has 2 heterocycles. The van der Waals surface area contributed by atoms with E-state index >= 15 is 0 Å². The van der Waals surface area contributed by atoms with Gasteiger partial charge in [0, 0.05) is 25.0 Å². The average Bonchev–Trinajstić information content (AvgIpc) is 2.75. The van der Waals surface area contributed by atoms with Crippen LogP contribution in [0, 0.1) is 0 Å². The second kappa shape index (κ2) is 5.54. The Morgan fingerprint density at radius 1 is 1.41 bits per heavy atom. The van der Waals surface area contributed by atoms with E-state index in [0.29, 0.717) is 12.6 Å². The summed E-state index contributed by atoms with van der Waals surface area (Å²) in [5.41, 5.74) is 2.10. The summed E-state index contributed by atoms with van der Waals surface area (Å²) >= 11 is 0. The number of imidazole rings is 1. The summed E-state index contributed by atoms with van der Waals surface area (Å²) < 4.78 is 2.08. The molecule has 0 atom stereocenters. The van der Waals surface area contributed by atoms with E-state index in [9.17, 15) is 0 Å². The van der Waals surface area contributed by atoms with Crippen LogP contribution in [0.3, 0.4) is 0 Å². The van der Waals surface area contributed by atoms with Crippen molar-refractivity contribution in [3.8, 4) is 0 Å². The predicted molar refractivity (Wildman–Crippen MR) is 65.3 cm³/mol. The molecule has 0 spiro atoms. The van der Waals surface area contributed by atoms with E-state index in [1.165, 1.54) is 0 Å². The fourth-order valence-corrected chi connectivity index (χ4v) is 1.54. The minimum absolute atomic E-state index is 0.467. The molecular weight excluding hydrogens is 214 g/mol. The molecule has 5 heteroatoms. The van der Waals surface area contributed by atoms with Crippen LogP contribution in [0.2, 0.25) is 0 Å². The van der Waals surface area contributed by atoms with Gasteiger partial charge in [0.2, 0.25) is 0 Å². The predicted octanol–water partition coefficient (Wildman–Crippen LogP) is 1.22. The van der Waals surface area contributed by atoms with Gasteiger partial charge >= 0.3 is 0 Å². The van der Waals surface area contributed by atoms with Crippen molar-refractivity contribution in [2.75, 3.05) is 0 Å². The van der Waals surface area contributed by atoms with Crippen LogP contribution in [0.4, 0.5) is 0 Å². The lowest BCUT2D eigenvalue weighted by atomic mass is 10.3. The number of rotatable bonds is 5. The highest BCUT2D eigenvalue weighted by molar-refractivity contribution is 5.05. The zero-order chi connectivity index (χ0) is 12.1. The number of hydrogen-bond acceptors (Lipinski definition) is 4. The summed E-state index contributed by atoms with van der Waals surface area (Å²) in [6.45, 7) is 5.79. The third-order valence-corrected chi connectivity index (χ3v) is 2.45. The SMILES string of the molecule is CC(C)NCc1cncn1Cc1cccnn1. The molecule has 0 unspecified atom stereocenters. The summed E-state index contributed by atoms with van der Waals surface area (Å²) in [5, 5.41) is 11.3. The van der Waals surface area contributed by atoms with Gasteiger partial charge in [-0.25, -0.2) is 4.98 Å². The third-order valence-electron chi connectivity index (χ3n) is 2.45. The molecular formula is C12H17N5. The Morgan fingerprint density at radius 2 is 2.29 bits per heavy atom. The van der Waals surface area contributed by atoms with Gasteiger partial charge in [-0.05, 0) is 12.1 Å². The van der Waals surface area contributed by atoms with Crippen LogP contribution < -0.4 is 5.32 Å². The zero-order valence-corrected chi connectivity index (χ0v) is 10.2. The van der Waals surface area contributed by atoms with Gasteiger partial charge < -0.3 is 9.88 Å². The maximum atomic E-state index is 4.17. The highest BCUT2D eigenvalue weighted by atomic mass is 15.1. The highest BCUT2D eigenvalue weighted by Crippen LogP contribution is 2.03. The summed E-state index contributed by atoms with van der Waals surface area (Å²) in [6, 6.07) is 4.33. The Kier molecular flexibility index (Phi) is 3.82. The Labute approximate surface area is 101 Å². The molecule has 2 aromatic rings. The summed E-state index contributed by atoms with van der Waals surface area (Å²) in [5.74, 6) is 0. The van der Waals surface area contributed by atoms with E-state index in [4.69, 9.17) is 0 Å². The lowest BCUT2D eigenvalue weighted by Crippen LogP contribution is -2.23. The summed E-state index contributed by atoms with van der Waals surface area (Å²) in [7, 11) is 0. The van der Waals surface area contributed by atoms with E-state index in [1.54, 1.807) is 6.20 Å². The van der Waals surface area contributed by atoms with Crippen molar-refractivity contribution in [2.24, 2.45) is 0 Å². The van der Waals surface area contributed by atoms with E-state index in [-0.39, 0.29) is 0 Å². The van der Waals surface area contributed by atoms with Crippen molar-refractivity contribution in [1.82, 2.24) is 25.1 Å². The molecule has 0 aliphatic heterocycles. The number of nitrogens with zero attached hydrogens (tertiary/aromatic N) is 4. The maximum Gasteiger partial charge on any atom is 0.0952 e. The molecule has 0 aliphatic rings. The van der Waals surface area contributed by atoms with Crippen molar-refractivity contribution in [2.45, 2.75) is 33.0 Å². The Morgan fingerprint density at radius 3 is 3.00 bits per heavy atom. The van der Waals surface area contributed by atoms with Gasteiger partial charge in [-0.3, -0.25) is 0 Å². The lowest BCUT2D eigenvalue weighted by Gasteiger charge is -2.10. The molecule has 2 rings (SSSR count). The van der Waals surface area contributed by atoms with Crippen molar-refractivity contribution in [3.05, 3.63) is 42.2 Å². The Hall–Kier alpha value is -1.75. The van der Waals surface area contributed by atoms with Crippen molar-refractivity contribution < 1.29 is 0 Å². The molecule has 5 nitrogen and oxygen atoms in total. The number of hydrogen-bond donors (Lipinski definition) is 1. The van der Waals surface area contributed by atoms with Crippen molar-refractivity contribution >= 4 is 0 Å². The van der Waals surface area contributed by atoms with Crippen LogP contribution in [0.25, 0.3) is 0 Å². The van der Waals surface area contributed by atoms with Crippen LogP contribution in [0.15, 0.2) is 30.9 Å². The van der Waals surface area contributed by atoms with Gasteiger partial charge in [0.15, 0.2) is 0 Å². The minimum Gasteiger partial charge on any atom is -0.327 e. The van der Waals surface area contributed by atoms with Crippen molar-refractivity contribution in [1.29, 1.82) is 0 Å². The fraction of sp³-hybridized carbons (Fsp3) is 0.417. The molecule has 90 valence electrons. The normalized spacial score (nSPS) is 11.0. The zero-order valence-electron chi connectivity index (χ0n) is 10.2. The van der Waals surface area contributed by atoms with Gasteiger partial charge in [-0.2, -0.15) is 10.2 Å². The Bertz CT molecular complexity index is 449. The largest absolute Gasteiger partial charge is 0.327 e. The first-order valence-electron chi connectivity index (χ1n) is 5.74. The molecule has 0 saturated carbocycles. The van der Waals surface area contributed by atoms with Gasteiger partial charge in [0.1, 0.15) is 0 Å². The molecule has 0 bridgehead atoms. The van der Waals surface area contributed by atoms with Crippen LogP contribution >= 0.6 is 0 Å².